The first-order chi connectivity index (χ1) is 4.31. The summed E-state index contributed by atoms with van der Waals surface area (Å²) in [7, 11) is 0. The van der Waals surface area contributed by atoms with Gasteiger partial charge in [0.25, 0.3) is 0 Å². The second-order valence-corrected chi connectivity index (χ2v) is 2.83. The van der Waals surface area contributed by atoms with Gasteiger partial charge in [0.05, 0.1) is 0 Å². The fraction of sp³-hybridized carbons (Fsp3) is 0.500. The van der Waals surface area contributed by atoms with Crippen molar-refractivity contribution < 1.29 is 0 Å². The van der Waals surface area contributed by atoms with Crippen molar-refractivity contribution in [3.63, 3.8) is 0 Å². The first-order valence-corrected chi connectivity index (χ1v) is 3.96. The topological polar surface area (TPSA) is 38.4 Å². The standard InChI is InChI=1S/C6H11IN2/c1-2-3-9-5-6(7)4-8/h4-5H,2-3,8H2,1H3. The molecule has 0 saturated heterocycles. The van der Waals surface area contributed by atoms with Crippen LogP contribution in [0.3, 0.4) is 0 Å². The molecule has 0 rings (SSSR count). The van der Waals surface area contributed by atoms with E-state index >= 15 is 0 Å². The Bertz CT molecular complexity index is 118. The molecule has 0 aromatic rings. The highest BCUT2D eigenvalue weighted by atomic mass is 127. The van der Waals surface area contributed by atoms with Crippen LogP contribution >= 0.6 is 22.6 Å². The molecule has 0 aliphatic heterocycles. The molecule has 0 unspecified atom stereocenters. The van der Waals surface area contributed by atoms with Crippen molar-refractivity contribution in [2.45, 2.75) is 13.3 Å². The molecule has 3 heteroatoms. The van der Waals surface area contributed by atoms with Gasteiger partial charge in [-0.25, -0.2) is 0 Å². The summed E-state index contributed by atoms with van der Waals surface area (Å²) in [6.07, 6.45) is 4.41. The molecule has 0 spiro atoms. The largest absolute Gasteiger partial charge is 0.404 e. The van der Waals surface area contributed by atoms with Crippen LogP contribution in [0, 0.1) is 0 Å². The van der Waals surface area contributed by atoms with E-state index in [1.165, 1.54) is 0 Å². The predicted octanol–water partition coefficient (Wildman–Crippen LogP) is 1.70. The quantitative estimate of drug-likeness (QED) is 0.589. The minimum Gasteiger partial charge on any atom is -0.404 e. The van der Waals surface area contributed by atoms with Gasteiger partial charge in [-0.2, -0.15) is 0 Å². The summed E-state index contributed by atoms with van der Waals surface area (Å²) in [6.45, 7) is 2.98. The Kier molecular flexibility index (Phi) is 6.03. The monoisotopic (exact) mass is 238 g/mol. The zero-order chi connectivity index (χ0) is 7.11. The maximum atomic E-state index is 5.19. The molecule has 0 heterocycles. The van der Waals surface area contributed by atoms with Crippen LogP contribution in [0.1, 0.15) is 13.3 Å². The van der Waals surface area contributed by atoms with E-state index in [9.17, 15) is 0 Å². The van der Waals surface area contributed by atoms with Crippen molar-refractivity contribution in [2.75, 3.05) is 6.54 Å². The number of aliphatic imine (C=N–C) groups is 1. The van der Waals surface area contributed by atoms with Crippen LogP contribution in [0.2, 0.25) is 0 Å². The minimum atomic E-state index is 0.889. The molecule has 0 amide bonds. The summed E-state index contributed by atoms with van der Waals surface area (Å²) in [4.78, 5) is 4.08. The average molecular weight is 238 g/mol. The molecule has 9 heavy (non-hydrogen) atoms. The van der Waals surface area contributed by atoms with E-state index < -0.39 is 0 Å². The van der Waals surface area contributed by atoms with E-state index in [-0.39, 0.29) is 0 Å². The highest BCUT2D eigenvalue weighted by Gasteiger charge is 1.78. The van der Waals surface area contributed by atoms with E-state index in [4.69, 9.17) is 5.73 Å². The van der Waals surface area contributed by atoms with E-state index in [1.54, 1.807) is 12.4 Å². The van der Waals surface area contributed by atoms with Crippen molar-refractivity contribution in [2.24, 2.45) is 10.7 Å². The first kappa shape index (κ1) is 8.94. The minimum absolute atomic E-state index is 0.889. The van der Waals surface area contributed by atoms with Gasteiger partial charge in [-0.3, -0.25) is 4.99 Å². The Morgan fingerprint density at radius 2 is 2.44 bits per heavy atom. The molecule has 0 bridgehead atoms. The van der Waals surface area contributed by atoms with Crippen LogP contribution in [0.5, 0.6) is 0 Å². The normalized spacial score (nSPS) is 12.9. The number of rotatable bonds is 3. The van der Waals surface area contributed by atoms with Crippen LogP contribution in [0.15, 0.2) is 14.8 Å². The van der Waals surface area contributed by atoms with Gasteiger partial charge in [-0.05, 0) is 29.0 Å². The molecule has 2 N–H and O–H groups in total. The fourth-order valence-corrected chi connectivity index (χ4v) is 0.521. The van der Waals surface area contributed by atoms with Gasteiger partial charge in [-0.15, -0.1) is 0 Å². The third kappa shape index (κ3) is 5.82. The van der Waals surface area contributed by atoms with E-state index in [0.717, 1.165) is 16.5 Å². The second kappa shape index (κ2) is 6.07. The molecule has 2 nitrogen and oxygen atoms in total. The Balaban J connectivity index is 3.45. The van der Waals surface area contributed by atoms with E-state index in [2.05, 4.69) is 34.5 Å². The number of halogens is 1. The summed E-state index contributed by atoms with van der Waals surface area (Å²) in [5.41, 5.74) is 5.19. The Hall–Kier alpha value is -0.0600. The average Bonchev–Trinajstić information content (AvgIpc) is 1.89. The highest BCUT2D eigenvalue weighted by molar-refractivity contribution is 14.1. The summed E-state index contributed by atoms with van der Waals surface area (Å²) >= 11 is 2.13. The van der Waals surface area contributed by atoms with Gasteiger partial charge in [-0.1, -0.05) is 6.92 Å². The Labute approximate surface area is 69.4 Å². The number of nitrogens with two attached hydrogens (primary N) is 1. The van der Waals surface area contributed by atoms with Crippen LogP contribution in [-0.2, 0) is 0 Å². The van der Waals surface area contributed by atoms with E-state index in [1.807, 2.05) is 0 Å². The lowest BCUT2D eigenvalue weighted by molar-refractivity contribution is 0.937. The predicted molar refractivity (Wildman–Crippen MR) is 49.9 cm³/mol. The Morgan fingerprint density at radius 1 is 1.78 bits per heavy atom. The molecule has 0 aromatic heterocycles. The summed E-state index contributed by atoms with van der Waals surface area (Å²) < 4.78 is 0.987. The van der Waals surface area contributed by atoms with Crippen LogP contribution in [0.25, 0.3) is 0 Å². The number of hydrogen-bond acceptors (Lipinski definition) is 2. The molecule has 0 aliphatic rings. The number of hydrogen-bond donors (Lipinski definition) is 1. The highest BCUT2D eigenvalue weighted by Crippen LogP contribution is 1.98. The van der Waals surface area contributed by atoms with E-state index in [0.29, 0.717) is 0 Å². The fourth-order valence-electron chi connectivity index (χ4n) is 0.324. The van der Waals surface area contributed by atoms with Gasteiger partial charge in [0.15, 0.2) is 0 Å². The van der Waals surface area contributed by atoms with Gasteiger partial charge < -0.3 is 5.73 Å². The summed E-state index contributed by atoms with van der Waals surface area (Å²) in [5.74, 6) is 0. The van der Waals surface area contributed by atoms with Gasteiger partial charge in [0, 0.05) is 22.5 Å². The smallest absolute Gasteiger partial charge is 0.0463 e. The molecule has 0 atom stereocenters. The van der Waals surface area contributed by atoms with Crippen LogP contribution in [0.4, 0.5) is 0 Å². The maximum absolute atomic E-state index is 5.19. The first-order valence-electron chi connectivity index (χ1n) is 2.88. The zero-order valence-electron chi connectivity index (χ0n) is 5.47. The lowest BCUT2D eigenvalue weighted by Crippen LogP contribution is -1.83. The molecule has 0 fully saturated rings. The molecule has 0 aliphatic carbocycles. The third-order valence-corrected chi connectivity index (χ3v) is 1.36. The molecule has 0 radical (unpaired) electrons. The second-order valence-electron chi connectivity index (χ2n) is 1.59. The molecule has 0 saturated carbocycles. The third-order valence-electron chi connectivity index (χ3n) is 0.727. The summed E-state index contributed by atoms with van der Waals surface area (Å²) in [5, 5.41) is 0. The molecular weight excluding hydrogens is 227 g/mol. The molecule has 0 aromatic carbocycles. The van der Waals surface area contributed by atoms with Gasteiger partial charge >= 0.3 is 0 Å². The van der Waals surface area contributed by atoms with Gasteiger partial charge in [0.1, 0.15) is 0 Å². The van der Waals surface area contributed by atoms with Crippen LogP contribution < -0.4 is 5.73 Å². The van der Waals surface area contributed by atoms with Crippen molar-refractivity contribution in [3.05, 3.63) is 9.78 Å². The van der Waals surface area contributed by atoms with Crippen molar-refractivity contribution in [1.82, 2.24) is 0 Å². The Morgan fingerprint density at radius 3 is 2.89 bits per heavy atom. The number of nitrogens with zero attached hydrogens (tertiary/aromatic N) is 1. The van der Waals surface area contributed by atoms with Gasteiger partial charge in [0.2, 0.25) is 0 Å². The molecule has 52 valence electrons. The maximum Gasteiger partial charge on any atom is 0.0463 e. The summed E-state index contributed by atoms with van der Waals surface area (Å²) in [6, 6.07) is 0. The lowest BCUT2D eigenvalue weighted by atomic mass is 10.5. The lowest BCUT2D eigenvalue weighted by Gasteiger charge is -1.85. The number of allylic oxidation sites excluding steroid dienone is 1. The van der Waals surface area contributed by atoms with Crippen LogP contribution in [-0.4, -0.2) is 12.8 Å². The molecular formula is C6H11IN2. The van der Waals surface area contributed by atoms with Crippen molar-refractivity contribution >= 4 is 28.8 Å². The van der Waals surface area contributed by atoms with Crippen molar-refractivity contribution in [3.8, 4) is 0 Å². The zero-order valence-corrected chi connectivity index (χ0v) is 7.63. The SMILES string of the molecule is CCCN=CC(I)=CN. The van der Waals surface area contributed by atoms with Crippen molar-refractivity contribution in [1.29, 1.82) is 0 Å².